The standard InChI is InChI=1S/C18H21ClF2S/c19-13-4-7-15(8-5-13)22-18(10-2-1-3-11-18)16-12-14(20)6-9-17(16)21/h4,6-7,9,12-13,15H,1-3,5,8,10-11H2. The predicted octanol–water partition coefficient (Wildman–Crippen LogP) is 6.18. The second-order valence-electron chi connectivity index (χ2n) is 6.31. The molecule has 0 N–H and O–H groups in total. The predicted molar refractivity (Wildman–Crippen MR) is 90.5 cm³/mol. The van der Waals surface area contributed by atoms with E-state index in [1.807, 2.05) is 17.8 Å². The van der Waals surface area contributed by atoms with Gasteiger partial charge < -0.3 is 0 Å². The highest BCUT2D eigenvalue weighted by atomic mass is 35.5. The molecule has 1 aromatic rings. The van der Waals surface area contributed by atoms with Crippen LogP contribution in [0.2, 0.25) is 0 Å². The smallest absolute Gasteiger partial charge is 0.128 e. The number of benzene rings is 1. The molecule has 0 aliphatic heterocycles. The molecular weight excluding hydrogens is 322 g/mol. The highest BCUT2D eigenvalue weighted by molar-refractivity contribution is 8.01. The maximum Gasteiger partial charge on any atom is 0.128 e. The molecule has 1 fully saturated rings. The van der Waals surface area contributed by atoms with Gasteiger partial charge in [-0.1, -0.05) is 31.4 Å². The zero-order valence-electron chi connectivity index (χ0n) is 12.5. The molecule has 1 aromatic carbocycles. The van der Waals surface area contributed by atoms with Crippen molar-refractivity contribution in [1.82, 2.24) is 0 Å². The Morgan fingerprint density at radius 3 is 2.50 bits per heavy atom. The van der Waals surface area contributed by atoms with Gasteiger partial charge in [-0.15, -0.1) is 23.4 Å². The van der Waals surface area contributed by atoms with Gasteiger partial charge in [-0.2, -0.15) is 0 Å². The second-order valence-corrected chi connectivity index (χ2v) is 8.50. The van der Waals surface area contributed by atoms with E-state index in [0.29, 0.717) is 10.8 Å². The lowest BCUT2D eigenvalue weighted by Gasteiger charge is -2.40. The van der Waals surface area contributed by atoms with E-state index in [0.717, 1.165) is 38.5 Å². The molecular formula is C18H21ClF2S. The van der Waals surface area contributed by atoms with E-state index in [1.54, 1.807) is 0 Å². The summed E-state index contributed by atoms with van der Waals surface area (Å²) in [7, 11) is 0. The van der Waals surface area contributed by atoms with Crippen molar-refractivity contribution in [2.75, 3.05) is 0 Å². The van der Waals surface area contributed by atoms with E-state index in [2.05, 4.69) is 6.08 Å². The average molecular weight is 343 g/mol. The van der Waals surface area contributed by atoms with Crippen LogP contribution in [0.5, 0.6) is 0 Å². The molecule has 120 valence electrons. The van der Waals surface area contributed by atoms with Crippen molar-refractivity contribution in [3.8, 4) is 0 Å². The van der Waals surface area contributed by atoms with Gasteiger partial charge in [0.25, 0.3) is 0 Å². The average Bonchev–Trinajstić information content (AvgIpc) is 2.53. The van der Waals surface area contributed by atoms with Crippen molar-refractivity contribution in [2.45, 2.75) is 60.3 Å². The Bertz CT molecular complexity index is 552. The van der Waals surface area contributed by atoms with Gasteiger partial charge in [0.15, 0.2) is 0 Å². The van der Waals surface area contributed by atoms with Gasteiger partial charge in [0.1, 0.15) is 11.6 Å². The number of halogens is 3. The summed E-state index contributed by atoms with van der Waals surface area (Å²) in [6, 6.07) is 3.89. The van der Waals surface area contributed by atoms with E-state index >= 15 is 0 Å². The van der Waals surface area contributed by atoms with Crippen molar-refractivity contribution < 1.29 is 8.78 Å². The van der Waals surface area contributed by atoms with Gasteiger partial charge in [-0.05, 0) is 43.9 Å². The quantitative estimate of drug-likeness (QED) is 0.466. The van der Waals surface area contributed by atoms with Gasteiger partial charge in [0.2, 0.25) is 0 Å². The fourth-order valence-electron chi connectivity index (χ4n) is 3.57. The molecule has 2 unspecified atom stereocenters. The number of allylic oxidation sites excluding steroid dienone is 1. The fourth-order valence-corrected chi connectivity index (χ4v) is 5.59. The van der Waals surface area contributed by atoms with Gasteiger partial charge >= 0.3 is 0 Å². The zero-order chi connectivity index (χ0) is 15.6. The van der Waals surface area contributed by atoms with E-state index in [1.165, 1.54) is 24.6 Å². The molecule has 0 radical (unpaired) electrons. The molecule has 2 aliphatic rings. The first kappa shape index (κ1) is 16.3. The largest absolute Gasteiger partial charge is 0.207 e. The summed E-state index contributed by atoms with van der Waals surface area (Å²) < 4.78 is 27.8. The maximum atomic E-state index is 14.4. The van der Waals surface area contributed by atoms with Crippen LogP contribution in [0.3, 0.4) is 0 Å². The van der Waals surface area contributed by atoms with Crippen LogP contribution in [0, 0.1) is 11.6 Å². The molecule has 2 aliphatic carbocycles. The molecule has 0 bridgehead atoms. The number of hydrogen-bond donors (Lipinski definition) is 0. The van der Waals surface area contributed by atoms with E-state index in [4.69, 9.17) is 11.6 Å². The minimum absolute atomic E-state index is 0.116. The third-order valence-corrected chi connectivity index (χ3v) is 6.86. The molecule has 2 atom stereocenters. The second kappa shape index (κ2) is 6.92. The molecule has 0 spiro atoms. The van der Waals surface area contributed by atoms with Crippen LogP contribution >= 0.6 is 23.4 Å². The Labute approximate surface area is 140 Å². The molecule has 4 heteroatoms. The van der Waals surface area contributed by atoms with Crippen molar-refractivity contribution in [3.63, 3.8) is 0 Å². The summed E-state index contributed by atoms with van der Waals surface area (Å²) in [6.45, 7) is 0. The molecule has 3 rings (SSSR count). The van der Waals surface area contributed by atoms with Crippen LogP contribution in [0.1, 0.15) is 50.5 Å². The SMILES string of the molecule is Fc1ccc(F)c(C2(SC3C=CC(Cl)CC3)CCCCC2)c1. The highest BCUT2D eigenvalue weighted by Crippen LogP contribution is 2.52. The van der Waals surface area contributed by atoms with Crippen LogP contribution < -0.4 is 0 Å². The molecule has 22 heavy (non-hydrogen) atoms. The molecule has 1 saturated carbocycles. The zero-order valence-corrected chi connectivity index (χ0v) is 14.1. The Morgan fingerprint density at radius 1 is 1.05 bits per heavy atom. The Morgan fingerprint density at radius 2 is 1.82 bits per heavy atom. The number of hydrogen-bond acceptors (Lipinski definition) is 1. The van der Waals surface area contributed by atoms with Gasteiger partial charge in [0.05, 0.1) is 5.38 Å². The van der Waals surface area contributed by atoms with Crippen LogP contribution in [-0.2, 0) is 4.75 Å². The van der Waals surface area contributed by atoms with Crippen LogP contribution in [0.15, 0.2) is 30.4 Å². The lowest BCUT2D eigenvalue weighted by Crippen LogP contribution is -2.30. The number of rotatable bonds is 3. The lowest BCUT2D eigenvalue weighted by atomic mass is 9.82. The lowest BCUT2D eigenvalue weighted by molar-refractivity contribution is 0.391. The summed E-state index contributed by atoms with van der Waals surface area (Å²) in [6.07, 6.45) is 11.4. The van der Waals surface area contributed by atoms with E-state index in [9.17, 15) is 8.78 Å². The van der Waals surface area contributed by atoms with Crippen LogP contribution in [0.25, 0.3) is 0 Å². The first-order valence-electron chi connectivity index (χ1n) is 8.05. The van der Waals surface area contributed by atoms with Gasteiger partial charge in [-0.3, -0.25) is 0 Å². The monoisotopic (exact) mass is 342 g/mol. The molecule has 0 heterocycles. The molecule has 0 aromatic heterocycles. The van der Waals surface area contributed by atoms with E-state index in [-0.39, 0.29) is 21.8 Å². The Hall–Kier alpha value is -0.540. The van der Waals surface area contributed by atoms with Crippen molar-refractivity contribution in [3.05, 3.63) is 47.5 Å². The van der Waals surface area contributed by atoms with E-state index < -0.39 is 0 Å². The first-order valence-corrected chi connectivity index (χ1v) is 9.36. The normalized spacial score (nSPS) is 27.8. The third kappa shape index (κ3) is 3.51. The summed E-state index contributed by atoms with van der Waals surface area (Å²) >= 11 is 7.93. The van der Waals surface area contributed by atoms with Crippen molar-refractivity contribution >= 4 is 23.4 Å². The molecule has 0 amide bonds. The van der Waals surface area contributed by atoms with Crippen LogP contribution in [0.4, 0.5) is 8.78 Å². The molecule has 0 saturated heterocycles. The minimum Gasteiger partial charge on any atom is -0.207 e. The van der Waals surface area contributed by atoms with Crippen molar-refractivity contribution in [1.29, 1.82) is 0 Å². The summed E-state index contributed by atoms with van der Waals surface area (Å²) in [5.74, 6) is -0.618. The summed E-state index contributed by atoms with van der Waals surface area (Å²) in [5, 5.41) is 0.459. The fraction of sp³-hybridized carbons (Fsp3) is 0.556. The third-order valence-electron chi connectivity index (χ3n) is 4.72. The van der Waals surface area contributed by atoms with Gasteiger partial charge in [-0.25, -0.2) is 8.78 Å². The van der Waals surface area contributed by atoms with Crippen LogP contribution in [-0.4, -0.2) is 10.6 Å². The minimum atomic E-state index is -0.345. The number of alkyl halides is 1. The topological polar surface area (TPSA) is 0 Å². The Kier molecular flexibility index (Phi) is 5.13. The highest BCUT2D eigenvalue weighted by Gasteiger charge is 2.39. The van der Waals surface area contributed by atoms with Crippen molar-refractivity contribution in [2.24, 2.45) is 0 Å². The maximum absolute atomic E-state index is 14.4. The van der Waals surface area contributed by atoms with Gasteiger partial charge in [0, 0.05) is 15.6 Å². The Balaban J connectivity index is 1.91. The summed E-state index contributed by atoms with van der Waals surface area (Å²) in [5.41, 5.74) is 0.554. The number of thioether (sulfide) groups is 1. The first-order chi connectivity index (χ1) is 10.6. The molecule has 0 nitrogen and oxygen atoms in total. The summed E-state index contributed by atoms with van der Waals surface area (Å²) in [4.78, 5) is 0.